The van der Waals surface area contributed by atoms with Crippen LogP contribution in [0.4, 0.5) is 4.39 Å². The fourth-order valence-corrected chi connectivity index (χ4v) is 1.30. The van der Waals surface area contributed by atoms with E-state index in [2.05, 4.69) is 0 Å². The molecular formula is C11H12ClFO2. The van der Waals surface area contributed by atoms with E-state index in [4.69, 9.17) is 16.3 Å². The molecule has 0 radical (unpaired) electrons. The van der Waals surface area contributed by atoms with E-state index in [9.17, 15) is 9.18 Å². The molecule has 0 atom stereocenters. The monoisotopic (exact) mass is 230 g/mol. The van der Waals surface area contributed by atoms with Crippen LogP contribution in [-0.4, -0.2) is 19.5 Å². The fourth-order valence-electron chi connectivity index (χ4n) is 1.18. The SMILES string of the molecule is COCCC(=O)Cc1ccc(Cl)c(F)c1. The molecule has 0 unspecified atom stereocenters. The van der Waals surface area contributed by atoms with Crippen molar-refractivity contribution in [3.63, 3.8) is 0 Å². The molecule has 0 saturated carbocycles. The zero-order valence-electron chi connectivity index (χ0n) is 8.43. The van der Waals surface area contributed by atoms with Gasteiger partial charge in [-0.15, -0.1) is 0 Å². The van der Waals surface area contributed by atoms with Gasteiger partial charge in [-0.05, 0) is 17.7 Å². The summed E-state index contributed by atoms with van der Waals surface area (Å²) in [5.41, 5.74) is 0.637. The Kier molecular flexibility index (Phi) is 4.72. The molecule has 0 heterocycles. The summed E-state index contributed by atoms with van der Waals surface area (Å²) in [4.78, 5) is 11.3. The van der Waals surface area contributed by atoms with Gasteiger partial charge in [0.25, 0.3) is 0 Å². The number of carbonyl (C=O) groups excluding carboxylic acids is 1. The van der Waals surface area contributed by atoms with Crippen molar-refractivity contribution >= 4 is 17.4 Å². The van der Waals surface area contributed by atoms with Crippen LogP contribution < -0.4 is 0 Å². The number of ketones is 1. The lowest BCUT2D eigenvalue weighted by atomic mass is 10.1. The second kappa shape index (κ2) is 5.83. The summed E-state index contributed by atoms with van der Waals surface area (Å²) in [5, 5.41) is 0.0723. The molecule has 0 fully saturated rings. The van der Waals surface area contributed by atoms with E-state index in [1.165, 1.54) is 19.2 Å². The zero-order chi connectivity index (χ0) is 11.3. The quantitative estimate of drug-likeness (QED) is 0.777. The molecule has 0 spiro atoms. The first-order valence-electron chi connectivity index (χ1n) is 4.58. The molecule has 0 aliphatic rings. The second-order valence-corrected chi connectivity index (χ2v) is 3.61. The minimum atomic E-state index is -0.492. The highest BCUT2D eigenvalue weighted by atomic mass is 35.5. The Bertz CT molecular complexity index is 352. The fraction of sp³-hybridized carbons (Fsp3) is 0.364. The highest BCUT2D eigenvalue weighted by molar-refractivity contribution is 6.30. The summed E-state index contributed by atoms with van der Waals surface area (Å²) in [5.74, 6) is -0.465. The molecule has 1 rings (SSSR count). The third-order valence-corrected chi connectivity index (χ3v) is 2.28. The maximum Gasteiger partial charge on any atom is 0.142 e. The molecule has 0 saturated heterocycles. The lowest BCUT2D eigenvalue weighted by Gasteiger charge is -2.02. The summed E-state index contributed by atoms with van der Waals surface area (Å²) in [7, 11) is 1.54. The van der Waals surface area contributed by atoms with Gasteiger partial charge in [-0.1, -0.05) is 17.7 Å². The minimum absolute atomic E-state index is 0.0265. The molecular weight excluding hydrogens is 219 g/mol. The first-order valence-corrected chi connectivity index (χ1v) is 4.96. The number of rotatable bonds is 5. The highest BCUT2D eigenvalue weighted by Crippen LogP contribution is 2.16. The Balaban J connectivity index is 2.57. The van der Waals surface area contributed by atoms with Crippen molar-refractivity contribution in [1.82, 2.24) is 0 Å². The van der Waals surface area contributed by atoms with E-state index in [0.717, 1.165) is 0 Å². The first kappa shape index (κ1) is 12.1. The molecule has 1 aromatic rings. The van der Waals surface area contributed by atoms with Crippen LogP contribution in [0.2, 0.25) is 5.02 Å². The van der Waals surface area contributed by atoms with Gasteiger partial charge in [-0.2, -0.15) is 0 Å². The third-order valence-electron chi connectivity index (χ3n) is 1.97. The molecule has 0 N–H and O–H groups in total. The lowest BCUT2D eigenvalue weighted by Crippen LogP contribution is -2.06. The van der Waals surface area contributed by atoms with Crippen LogP contribution in [0.15, 0.2) is 18.2 Å². The molecule has 15 heavy (non-hydrogen) atoms. The molecule has 0 aliphatic carbocycles. The Morgan fingerprint density at radius 2 is 2.27 bits per heavy atom. The zero-order valence-corrected chi connectivity index (χ0v) is 9.18. The van der Waals surface area contributed by atoms with Gasteiger partial charge in [0.1, 0.15) is 11.6 Å². The van der Waals surface area contributed by atoms with E-state index in [0.29, 0.717) is 18.6 Å². The van der Waals surface area contributed by atoms with E-state index in [1.807, 2.05) is 0 Å². The molecule has 0 bridgehead atoms. The molecule has 1 aromatic carbocycles. The van der Waals surface area contributed by atoms with Crippen LogP contribution in [0, 0.1) is 5.82 Å². The van der Waals surface area contributed by atoms with Crippen molar-refractivity contribution in [3.8, 4) is 0 Å². The standard InChI is InChI=1S/C11H12ClFO2/c1-15-5-4-9(14)6-8-2-3-10(12)11(13)7-8/h2-3,7H,4-6H2,1H3. The molecule has 0 aliphatic heterocycles. The summed E-state index contributed by atoms with van der Waals surface area (Å²) in [6.07, 6.45) is 0.568. The molecule has 2 nitrogen and oxygen atoms in total. The van der Waals surface area contributed by atoms with Crippen molar-refractivity contribution in [3.05, 3.63) is 34.6 Å². The Morgan fingerprint density at radius 1 is 1.53 bits per heavy atom. The van der Waals surface area contributed by atoms with Crippen LogP contribution in [0.25, 0.3) is 0 Å². The Hall–Kier alpha value is -0.930. The van der Waals surface area contributed by atoms with E-state index < -0.39 is 5.82 Å². The predicted molar refractivity (Wildman–Crippen MR) is 56.6 cm³/mol. The number of hydrogen-bond acceptors (Lipinski definition) is 2. The number of ether oxygens (including phenoxy) is 1. The van der Waals surface area contributed by atoms with Gasteiger partial charge >= 0.3 is 0 Å². The smallest absolute Gasteiger partial charge is 0.142 e. The maximum absolute atomic E-state index is 13.0. The summed E-state index contributed by atoms with van der Waals surface area (Å²) < 4.78 is 17.8. The molecule has 0 aromatic heterocycles. The van der Waals surface area contributed by atoms with Crippen molar-refractivity contribution in [2.45, 2.75) is 12.8 Å². The number of carbonyl (C=O) groups is 1. The van der Waals surface area contributed by atoms with E-state index in [1.54, 1.807) is 6.07 Å². The van der Waals surface area contributed by atoms with Crippen molar-refractivity contribution in [2.75, 3.05) is 13.7 Å². The van der Waals surface area contributed by atoms with Gasteiger partial charge < -0.3 is 4.74 Å². The van der Waals surface area contributed by atoms with Crippen LogP contribution in [0.3, 0.4) is 0 Å². The summed E-state index contributed by atoms with van der Waals surface area (Å²) >= 11 is 5.52. The maximum atomic E-state index is 13.0. The average Bonchev–Trinajstić information content (AvgIpc) is 2.20. The van der Waals surface area contributed by atoms with Crippen molar-refractivity contribution in [2.24, 2.45) is 0 Å². The molecule has 4 heteroatoms. The largest absolute Gasteiger partial charge is 0.384 e. The predicted octanol–water partition coefficient (Wildman–Crippen LogP) is 2.63. The summed E-state index contributed by atoms with van der Waals surface area (Å²) in [6, 6.07) is 4.39. The lowest BCUT2D eigenvalue weighted by molar-refractivity contribution is -0.119. The second-order valence-electron chi connectivity index (χ2n) is 3.21. The van der Waals surface area contributed by atoms with Crippen molar-refractivity contribution in [1.29, 1.82) is 0 Å². The third kappa shape index (κ3) is 3.98. The topological polar surface area (TPSA) is 26.3 Å². The highest BCUT2D eigenvalue weighted by Gasteiger charge is 2.06. The average molecular weight is 231 g/mol. The first-order chi connectivity index (χ1) is 7.13. The number of methoxy groups -OCH3 is 1. The van der Waals surface area contributed by atoms with E-state index >= 15 is 0 Å². The van der Waals surface area contributed by atoms with Gasteiger partial charge in [-0.3, -0.25) is 4.79 Å². The number of halogens is 2. The molecule has 0 amide bonds. The van der Waals surface area contributed by atoms with Crippen molar-refractivity contribution < 1.29 is 13.9 Å². The minimum Gasteiger partial charge on any atom is -0.384 e. The summed E-state index contributed by atoms with van der Waals surface area (Å²) in [6.45, 7) is 0.398. The van der Waals surface area contributed by atoms with Crippen LogP contribution in [0.1, 0.15) is 12.0 Å². The van der Waals surface area contributed by atoms with Gasteiger partial charge in [0.15, 0.2) is 0 Å². The van der Waals surface area contributed by atoms with E-state index in [-0.39, 0.29) is 17.2 Å². The van der Waals surface area contributed by atoms with Crippen LogP contribution in [-0.2, 0) is 16.0 Å². The van der Waals surface area contributed by atoms with Gasteiger partial charge in [0.2, 0.25) is 0 Å². The van der Waals surface area contributed by atoms with Gasteiger partial charge in [0, 0.05) is 20.0 Å². The number of Topliss-reactive ketones (excluding diaryl/α,β-unsaturated/α-hetero) is 1. The Morgan fingerprint density at radius 3 is 2.87 bits per heavy atom. The van der Waals surface area contributed by atoms with Gasteiger partial charge in [0.05, 0.1) is 11.6 Å². The normalized spacial score (nSPS) is 10.3. The number of benzene rings is 1. The Labute approximate surface area is 93.0 Å². The number of hydrogen-bond donors (Lipinski definition) is 0. The van der Waals surface area contributed by atoms with Gasteiger partial charge in [-0.25, -0.2) is 4.39 Å². The van der Waals surface area contributed by atoms with Crippen LogP contribution >= 0.6 is 11.6 Å². The van der Waals surface area contributed by atoms with Crippen LogP contribution in [0.5, 0.6) is 0 Å². The molecule has 82 valence electrons.